The van der Waals surface area contributed by atoms with E-state index in [9.17, 15) is 19.7 Å². The molecule has 1 aromatic rings. The molecule has 0 saturated carbocycles. The van der Waals surface area contributed by atoms with E-state index >= 15 is 0 Å². The monoisotopic (exact) mass is 294 g/mol. The third-order valence-electron chi connectivity index (χ3n) is 3.16. The Bertz CT molecular complexity index is 556. The molecule has 7 heteroatoms. The van der Waals surface area contributed by atoms with Crippen LogP contribution in [0.3, 0.4) is 0 Å². The zero-order valence-electron chi connectivity index (χ0n) is 12.0. The zero-order valence-corrected chi connectivity index (χ0v) is 12.0. The van der Waals surface area contributed by atoms with Crippen molar-refractivity contribution in [2.45, 2.75) is 26.7 Å². The van der Waals surface area contributed by atoms with Crippen LogP contribution >= 0.6 is 0 Å². The van der Waals surface area contributed by atoms with Crippen LogP contribution in [0.4, 0.5) is 5.69 Å². The quantitative estimate of drug-likeness (QED) is 0.591. The highest BCUT2D eigenvalue weighted by Crippen LogP contribution is 2.17. The van der Waals surface area contributed by atoms with Crippen molar-refractivity contribution in [1.82, 2.24) is 5.32 Å². The number of aryl methyl sites for hydroxylation is 1. The highest BCUT2D eigenvalue weighted by atomic mass is 16.6. The molecular weight excluding hydrogens is 276 g/mol. The van der Waals surface area contributed by atoms with Crippen molar-refractivity contribution in [3.63, 3.8) is 0 Å². The molecule has 0 fully saturated rings. The van der Waals surface area contributed by atoms with Gasteiger partial charge in [-0.25, -0.2) is 0 Å². The van der Waals surface area contributed by atoms with Crippen LogP contribution in [0.1, 0.15) is 35.7 Å². The van der Waals surface area contributed by atoms with Gasteiger partial charge in [-0.2, -0.15) is 0 Å². The molecular formula is C14H18N2O5. The molecule has 7 nitrogen and oxygen atoms in total. The van der Waals surface area contributed by atoms with Gasteiger partial charge >= 0.3 is 5.97 Å². The average molecular weight is 294 g/mol. The Morgan fingerprint density at radius 3 is 2.57 bits per heavy atom. The number of nitro benzene ring substituents is 1. The van der Waals surface area contributed by atoms with Crippen LogP contribution in [-0.2, 0) is 4.79 Å². The second-order valence-electron chi connectivity index (χ2n) is 4.79. The SMILES string of the molecule is CCCC(CNC(=O)c1ccc([N+](=O)[O-])cc1C)C(=O)O. The van der Waals surface area contributed by atoms with Gasteiger partial charge in [-0.3, -0.25) is 19.7 Å². The van der Waals surface area contributed by atoms with Crippen molar-refractivity contribution in [3.05, 3.63) is 39.4 Å². The first-order valence-electron chi connectivity index (χ1n) is 6.62. The van der Waals surface area contributed by atoms with Gasteiger partial charge in [0.05, 0.1) is 10.8 Å². The predicted octanol–water partition coefficient (Wildman–Crippen LogP) is 2.13. The first-order valence-corrected chi connectivity index (χ1v) is 6.62. The third kappa shape index (κ3) is 4.55. The number of nitro groups is 1. The van der Waals surface area contributed by atoms with Crippen molar-refractivity contribution in [2.75, 3.05) is 6.54 Å². The van der Waals surface area contributed by atoms with E-state index in [4.69, 9.17) is 5.11 Å². The second kappa shape index (κ2) is 7.37. The molecule has 0 spiro atoms. The van der Waals surface area contributed by atoms with Gasteiger partial charge in [-0.15, -0.1) is 0 Å². The Morgan fingerprint density at radius 2 is 2.10 bits per heavy atom. The molecule has 0 bridgehead atoms. The maximum atomic E-state index is 12.0. The Balaban J connectivity index is 2.76. The van der Waals surface area contributed by atoms with Crippen LogP contribution in [0.5, 0.6) is 0 Å². The minimum absolute atomic E-state index is 0.0401. The summed E-state index contributed by atoms with van der Waals surface area (Å²) in [6.45, 7) is 3.51. The topological polar surface area (TPSA) is 110 Å². The molecule has 21 heavy (non-hydrogen) atoms. The summed E-state index contributed by atoms with van der Waals surface area (Å²) in [6, 6.07) is 3.94. The summed E-state index contributed by atoms with van der Waals surface area (Å²) < 4.78 is 0. The summed E-state index contributed by atoms with van der Waals surface area (Å²) in [5.41, 5.74) is 0.698. The molecule has 0 radical (unpaired) electrons. The van der Waals surface area contributed by atoms with Gasteiger partial charge in [0.2, 0.25) is 0 Å². The number of rotatable bonds is 7. The first kappa shape index (κ1) is 16.6. The fourth-order valence-electron chi connectivity index (χ4n) is 1.99. The summed E-state index contributed by atoms with van der Waals surface area (Å²) >= 11 is 0. The number of carbonyl (C=O) groups is 2. The number of benzene rings is 1. The zero-order chi connectivity index (χ0) is 16.0. The highest BCUT2D eigenvalue weighted by molar-refractivity contribution is 5.96. The predicted molar refractivity (Wildman–Crippen MR) is 76.2 cm³/mol. The molecule has 0 heterocycles. The number of carboxylic acid groups (broad SMARTS) is 1. The lowest BCUT2D eigenvalue weighted by molar-refractivity contribution is -0.384. The molecule has 1 atom stereocenters. The number of nitrogens with zero attached hydrogens (tertiary/aromatic N) is 1. The van der Waals surface area contributed by atoms with E-state index in [2.05, 4.69) is 5.32 Å². The largest absolute Gasteiger partial charge is 0.481 e. The van der Waals surface area contributed by atoms with Crippen LogP contribution in [-0.4, -0.2) is 28.5 Å². The van der Waals surface area contributed by atoms with Crippen molar-refractivity contribution >= 4 is 17.6 Å². The fraction of sp³-hybridized carbons (Fsp3) is 0.429. The van der Waals surface area contributed by atoms with E-state index < -0.39 is 22.7 Å². The van der Waals surface area contributed by atoms with Gasteiger partial charge in [0.25, 0.3) is 11.6 Å². The van der Waals surface area contributed by atoms with Crippen molar-refractivity contribution in [2.24, 2.45) is 5.92 Å². The Kier molecular flexibility index (Phi) is 5.83. The molecule has 1 unspecified atom stereocenters. The highest BCUT2D eigenvalue weighted by Gasteiger charge is 2.19. The molecule has 0 aliphatic carbocycles. The number of carboxylic acids is 1. The number of non-ortho nitro benzene ring substituents is 1. The lowest BCUT2D eigenvalue weighted by Crippen LogP contribution is -2.33. The van der Waals surface area contributed by atoms with Crippen LogP contribution in [0.2, 0.25) is 0 Å². The molecule has 1 aromatic carbocycles. The Hall–Kier alpha value is -2.44. The molecule has 0 aromatic heterocycles. The Labute approximate surface area is 122 Å². The average Bonchev–Trinajstić information content (AvgIpc) is 2.42. The molecule has 0 aliphatic heterocycles. The van der Waals surface area contributed by atoms with Crippen LogP contribution < -0.4 is 5.32 Å². The van der Waals surface area contributed by atoms with Gasteiger partial charge in [0.1, 0.15) is 0 Å². The van der Waals surface area contributed by atoms with Crippen LogP contribution in [0, 0.1) is 23.0 Å². The van der Waals surface area contributed by atoms with Crippen LogP contribution in [0.25, 0.3) is 0 Å². The summed E-state index contributed by atoms with van der Waals surface area (Å²) in [5.74, 6) is -2.00. The lowest BCUT2D eigenvalue weighted by Gasteiger charge is -2.13. The lowest BCUT2D eigenvalue weighted by atomic mass is 10.0. The number of hydrogen-bond donors (Lipinski definition) is 2. The number of amides is 1. The minimum Gasteiger partial charge on any atom is -0.481 e. The molecule has 1 rings (SSSR count). The van der Waals surface area contributed by atoms with E-state index in [0.717, 1.165) is 0 Å². The number of nitrogens with one attached hydrogen (secondary N) is 1. The number of aliphatic carboxylic acids is 1. The van der Waals surface area contributed by atoms with E-state index in [1.54, 1.807) is 6.92 Å². The van der Waals surface area contributed by atoms with Gasteiger partial charge in [-0.1, -0.05) is 13.3 Å². The number of carbonyl (C=O) groups excluding carboxylic acids is 1. The number of hydrogen-bond acceptors (Lipinski definition) is 4. The van der Waals surface area contributed by atoms with Crippen molar-refractivity contribution in [1.29, 1.82) is 0 Å². The van der Waals surface area contributed by atoms with Gasteiger partial charge in [0.15, 0.2) is 0 Å². The summed E-state index contributed by atoms with van der Waals surface area (Å²) in [5, 5.41) is 22.2. The van der Waals surface area contributed by atoms with Crippen LogP contribution in [0.15, 0.2) is 18.2 Å². The molecule has 0 saturated heterocycles. The van der Waals surface area contributed by atoms with E-state index in [-0.39, 0.29) is 12.2 Å². The third-order valence-corrected chi connectivity index (χ3v) is 3.16. The summed E-state index contributed by atoms with van der Waals surface area (Å²) in [7, 11) is 0. The van der Waals surface area contributed by atoms with E-state index in [1.165, 1.54) is 18.2 Å². The molecule has 0 aliphatic rings. The summed E-state index contributed by atoms with van der Waals surface area (Å²) in [4.78, 5) is 33.1. The van der Waals surface area contributed by atoms with Crippen molar-refractivity contribution < 1.29 is 19.6 Å². The molecule has 114 valence electrons. The maximum Gasteiger partial charge on any atom is 0.308 e. The standard InChI is InChI=1S/C14H18N2O5/c1-3-4-10(14(18)19)8-15-13(17)12-6-5-11(16(20)21)7-9(12)2/h5-7,10H,3-4,8H2,1-2H3,(H,15,17)(H,18,19). The van der Waals surface area contributed by atoms with Gasteiger partial charge in [0, 0.05) is 24.2 Å². The summed E-state index contributed by atoms with van der Waals surface area (Å²) in [6.07, 6.45) is 1.19. The minimum atomic E-state index is -0.947. The van der Waals surface area contributed by atoms with Gasteiger partial charge < -0.3 is 10.4 Å². The first-order chi connectivity index (χ1) is 9.86. The molecule has 1 amide bonds. The van der Waals surface area contributed by atoms with Crippen molar-refractivity contribution in [3.8, 4) is 0 Å². The van der Waals surface area contributed by atoms with Gasteiger partial charge in [-0.05, 0) is 25.0 Å². The maximum absolute atomic E-state index is 12.0. The second-order valence-corrected chi connectivity index (χ2v) is 4.79. The Morgan fingerprint density at radius 1 is 1.43 bits per heavy atom. The van der Waals surface area contributed by atoms with E-state index in [1.807, 2.05) is 6.92 Å². The normalized spacial score (nSPS) is 11.7. The van der Waals surface area contributed by atoms with E-state index in [0.29, 0.717) is 24.0 Å². The smallest absolute Gasteiger partial charge is 0.308 e. The molecule has 2 N–H and O–H groups in total. The fourth-order valence-corrected chi connectivity index (χ4v) is 1.99.